The highest BCUT2D eigenvalue weighted by Crippen LogP contribution is 2.40. The Morgan fingerprint density at radius 1 is 1.29 bits per heavy atom. The van der Waals surface area contributed by atoms with Gasteiger partial charge in [-0.05, 0) is 25.5 Å². The first-order valence-electron chi connectivity index (χ1n) is 8.04. The number of nitrogens with two attached hydrogens (primary N) is 2. The number of carbonyl (C=O) groups is 2. The predicted molar refractivity (Wildman–Crippen MR) is 93.8 cm³/mol. The van der Waals surface area contributed by atoms with E-state index in [4.69, 9.17) is 11.5 Å². The van der Waals surface area contributed by atoms with Crippen molar-refractivity contribution in [2.75, 3.05) is 12.3 Å². The second-order valence-electron chi connectivity index (χ2n) is 5.95. The number of hydrogen-bond donors (Lipinski definition) is 4. The Morgan fingerprint density at radius 2 is 1.93 bits per heavy atom. The largest absolute Gasteiger partial charge is 0.430 e. The molecule has 0 saturated carbocycles. The average molecular weight is 397 g/mol. The minimum atomic E-state index is -5.34. The van der Waals surface area contributed by atoms with Crippen molar-refractivity contribution in [2.45, 2.75) is 25.6 Å². The van der Waals surface area contributed by atoms with Crippen molar-refractivity contribution < 1.29 is 27.9 Å². The van der Waals surface area contributed by atoms with E-state index < -0.39 is 29.2 Å². The number of amides is 2. The van der Waals surface area contributed by atoms with Crippen molar-refractivity contribution >= 4 is 17.6 Å². The number of hydrogen-bond acceptors (Lipinski definition) is 6. The first-order valence-corrected chi connectivity index (χ1v) is 8.04. The van der Waals surface area contributed by atoms with Gasteiger partial charge in [0.25, 0.3) is 17.4 Å². The van der Waals surface area contributed by atoms with Crippen LogP contribution in [0.5, 0.6) is 0 Å². The summed E-state index contributed by atoms with van der Waals surface area (Å²) in [6.45, 7) is 3.55. The second-order valence-corrected chi connectivity index (χ2v) is 5.95. The van der Waals surface area contributed by atoms with Gasteiger partial charge in [0.1, 0.15) is 0 Å². The van der Waals surface area contributed by atoms with E-state index in [2.05, 4.69) is 15.3 Å². The fourth-order valence-corrected chi connectivity index (χ4v) is 2.51. The minimum absolute atomic E-state index is 0.0313. The molecule has 0 bridgehead atoms. The zero-order valence-electron chi connectivity index (χ0n) is 15.0. The Balaban J connectivity index is 2.66. The van der Waals surface area contributed by atoms with Crippen LogP contribution in [0.25, 0.3) is 11.3 Å². The fraction of sp³-hybridized carbons (Fsp3) is 0.294. The third kappa shape index (κ3) is 3.60. The molecule has 0 aliphatic heterocycles. The fourth-order valence-electron chi connectivity index (χ4n) is 2.51. The van der Waals surface area contributed by atoms with Crippen molar-refractivity contribution in [3.05, 3.63) is 41.2 Å². The lowest BCUT2D eigenvalue weighted by Gasteiger charge is -2.28. The maximum atomic E-state index is 13.3. The van der Waals surface area contributed by atoms with Crippen LogP contribution in [0.4, 0.5) is 19.0 Å². The number of alkyl halides is 3. The average Bonchev–Trinajstić information content (AvgIpc) is 2.61. The molecule has 6 N–H and O–H groups in total. The van der Waals surface area contributed by atoms with Crippen LogP contribution in [-0.4, -0.2) is 39.6 Å². The third-order valence-corrected chi connectivity index (χ3v) is 4.05. The van der Waals surface area contributed by atoms with Gasteiger partial charge in [-0.15, -0.1) is 0 Å². The van der Waals surface area contributed by atoms with Gasteiger partial charge in [0.2, 0.25) is 0 Å². The smallest absolute Gasteiger partial charge is 0.382 e. The summed E-state index contributed by atoms with van der Waals surface area (Å²) in [7, 11) is 0. The van der Waals surface area contributed by atoms with Gasteiger partial charge >= 0.3 is 6.18 Å². The van der Waals surface area contributed by atoms with Gasteiger partial charge in [0.05, 0.1) is 11.9 Å². The van der Waals surface area contributed by atoms with Crippen molar-refractivity contribution in [3.8, 4) is 11.3 Å². The molecule has 1 aromatic carbocycles. The third-order valence-electron chi connectivity index (χ3n) is 4.05. The summed E-state index contributed by atoms with van der Waals surface area (Å²) in [5, 5.41) is 12.5. The highest BCUT2D eigenvalue weighted by molar-refractivity contribution is 5.96. The van der Waals surface area contributed by atoms with E-state index in [0.717, 1.165) is 12.1 Å². The van der Waals surface area contributed by atoms with Gasteiger partial charge in [-0.3, -0.25) is 9.59 Å². The number of carbonyl (C=O) groups excluding carboxylic acids is 2. The molecule has 8 nitrogen and oxygen atoms in total. The maximum Gasteiger partial charge on any atom is 0.430 e. The molecule has 2 rings (SSSR count). The Morgan fingerprint density at radius 3 is 2.46 bits per heavy atom. The normalized spacial score (nSPS) is 13.6. The van der Waals surface area contributed by atoms with E-state index in [1.54, 1.807) is 13.8 Å². The first kappa shape index (κ1) is 21.1. The topological polar surface area (TPSA) is 144 Å². The molecule has 2 aromatic rings. The van der Waals surface area contributed by atoms with Crippen molar-refractivity contribution in [1.82, 2.24) is 15.3 Å². The monoisotopic (exact) mass is 397 g/mol. The SMILES string of the molecule is CCNC(=O)c1nc(-c2cc(C(O)(C(N)=O)C(F)(F)F)ccc2C)cnc1N. The number of aryl methyl sites for hydroxylation is 1. The van der Waals surface area contributed by atoms with Crippen molar-refractivity contribution in [1.29, 1.82) is 0 Å². The molecule has 0 aliphatic rings. The highest BCUT2D eigenvalue weighted by atomic mass is 19.4. The molecule has 1 heterocycles. The van der Waals surface area contributed by atoms with Gasteiger partial charge in [-0.1, -0.05) is 12.1 Å². The van der Waals surface area contributed by atoms with Crippen LogP contribution in [0, 0.1) is 6.92 Å². The second kappa shape index (κ2) is 7.43. The van der Waals surface area contributed by atoms with Crippen molar-refractivity contribution in [2.24, 2.45) is 5.73 Å². The number of aliphatic hydroxyl groups is 1. The number of anilines is 1. The summed E-state index contributed by atoms with van der Waals surface area (Å²) in [5.41, 5.74) is 6.19. The van der Waals surface area contributed by atoms with E-state index in [9.17, 15) is 27.9 Å². The molecule has 1 aromatic heterocycles. The lowest BCUT2D eigenvalue weighted by atomic mass is 9.89. The minimum Gasteiger partial charge on any atom is -0.382 e. The van der Waals surface area contributed by atoms with Gasteiger partial charge in [-0.25, -0.2) is 9.97 Å². The van der Waals surface area contributed by atoms with E-state index >= 15 is 0 Å². The molecular formula is C17H18F3N5O3. The zero-order chi connectivity index (χ0) is 21.3. The van der Waals surface area contributed by atoms with Gasteiger partial charge in [0, 0.05) is 17.7 Å². The maximum absolute atomic E-state index is 13.3. The number of halogens is 3. The number of nitrogens with one attached hydrogen (secondary N) is 1. The summed E-state index contributed by atoms with van der Waals surface area (Å²) in [5.74, 6) is -2.74. The quantitative estimate of drug-likeness (QED) is 0.593. The summed E-state index contributed by atoms with van der Waals surface area (Å²) >= 11 is 0. The lowest BCUT2D eigenvalue weighted by molar-refractivity contribution is -0.255. The molecule has 0 radical (unpaired) electrons. The Bertz CT molecular complexity index is 933. The zero-order valence-corrected chi connectivity index (χ0v) is 15.0. The van der Waals surface area contributed by atoms with Gasteiger partial charge in [0.15, 0.2) is 11.5 Å². The Labute approximate surface area is 157 Å². The van der Waals surface area contributed by atoms with Gasteiger partial charge < -0.3 is 21.9 Å². The molecule has 2 amide bonds. The molecule has 1 unspecified atom stereocenters. The molecule has 28 heavy (non-hydrogen) atoms. The summed E-state index contributed by atoms with van der Waals surface area (Å²) in [6, 6.07) is 3.12. The van der Waals surface area contributed by atoms with Crippen LogP contribution in [0.3, 0.4) is 0 Å². The molecule has 0 saturated heterocycles. The number of benzene rings is 1. The summed E-state index contributed by atoms with van der Waals surface area (Å²) in [4.78, 5) is 31.4. The van der Waals surface area contributed by atoms with E-state index in [1.807, 2.05) is 0 Å². The molecule has 1 atom stereocenters. The van der Waals surface area contributed by atoms with Crippen LogP contribution in [0.15, 0.2) is 24.4 Å². The van der Waals surface area contributed by atoms with E-state index in [1.165, 1.54) is 12.3 Å². The van der Waals surface area contributed by atoms with Crippen LogP contribution in [0.1, 0.15) is 28.5 Å². The van der Waals surface area contributed by atoms with Crippen LogP contribution >= 0.6 is 0 Å². The Hall–Kier alpha value is -3.21. The van der Waals surface area contributed by atoms with Crippen LogP contribution in [-0.2, 0) is 10.4 Å². The van der Waals surface area contributed by atoms with Crippen molar-refractivity contribution in [3.63, 3.8) is 0 Å². The highest BCUT2D eigenvalue weighted by Gasteiger charge is 2.60. The predicted octanol–water partition coefficient (Wildman–Crippen LogP) is 1.02. The number of rotatable bonds is 5. The first-order chi connectivity index (χ1) is 12.9. The number of primary amides is 1. The molecule has 0 aliphatic carbocycles. The van der Waals surface area contributed by atoms with Crippen LogP contribution < -0.4 is 16.8 Å². The van der Waals surface area contributed by atoms with E-state index in [0.29, 0.717) is 12.1 Å². The molecule has 150 valence electrons. The number of nitrogens with zero attached hydrogens (tertiary/aromatic N) is 2. The lowest BCUT2D eigenvalue weighted by Crippen LogP contribution is -2.52. The van der Waals surface area contributed by atoms with Crippen LogP contribution in [0.2, 0.25) is 0 Å². The molecule has 0 spiro atoms. The number of aromatic nitrogens is 2. The Kier molecular flexibility index (Phi) is 5.59. The van der Waals surface area contributed by atoms with Gasteiger partial charge in [-0.2, -0.15) is 13.2 Å². The molecule has 11 heteroatoms. The summed E-state index contributed by atoms with van der Waals surface area (Å²) < 4.78 is 40.0. The number of nitrogen functional groups attached to an aromatic ring is 1. The molecular weight excluding hydrogens is 379 g/mol. The standard InChI is InChI=1S/C17H18F3N5O3/c1-3-23-14(26)12-13(21)24-7-11(25-12)10-6-9(5-4-8(10)2)16(28,15(22)27)17(18,19)20/h4-7,28H,3H2,1-2H3,(H2,21,24)(H2,22,27)(H,23,26). The molecule has 0 fully saturated rings. The summed E-state index contributed by atoms with van der Waals surface area (Å²) in [6.07, 6.45) is -4.18. The van der Waals surface area contributed by atoms with E-state index in [-0.39, 0.29) is 22.8 Å².